The van der Waals surface area contributed by atoms with Crippen molar-refractivity contribution >= 4 is 0 Å². The van der Waals surface area contributed by atoms with Gasteiger partial charge in [-0.15, -0.1) is 5.10 Å². The van der Waals surface area contributed by atoms with Crippen LogP contribution in [0.5, 0.6) is 0 Å². The monoisotopic (exact) mass is 236 g/mol. The predicted octanol–water partition coefficient (Wildman–Crippen LogP) is 0.744. The van der Waals surface area contributed by atoms with Gasteiger partial charge in [0.05, 0.1) is 11.9 Å². The zero-order valence-electron chi connectivity index (χ0n) is 10.3. The van der Waals surface area contributed by atoms with Crippen molar-refractivity contribution in [3.05, 3.63) is 11.9 Å². The highest BCUT2D eigenvalue weighted by atomic mass is 16.3. The van der Waals surface area contributed by atoms with E-state index in [1.54, 1.807) is 6.20 Å². The average Bonchev–Trinajstić information content (AvgIpc) is 2.92. The van der Waals surface area contributed by atoms with Gasteiger partial charge in [0.1, 0.15) is 5.60 Å². The Morgan fingerprint density at radius 2 is 2.35 bits per heavy atom. The van der Waals surface area contributed by atoms with Gasteiger partial charge in [0.15, 0.2) is 0 Å². The summed E-state index contributed by atoms with van der Waals surface area (Å²) in [6.07, 6.45) is 6.14. The standard InChI is InChI=1S/C12H20N4O/c1-2-6-16-11(8-13-14-16)12(17)5-7-15(9-12)10-3-4-10/h8,10,17H,2-7,9H2,1H3. The highest BCUT2D eigenvalue weighted by molar-refractivity contribution is 5.13. The molecule has 0 aromatic carbocycles. The van der Waals surface area contributed by atoms with Crippen LogP contribution in [0.3, 0.4) is 0 Å². The average molecular weight is 236 g/mol. The van der Waals surface area contributed by atoms with E-state index in [2.05, 4.69) is 22.1 Å². The first-order valence-corrected chi connectivity index (χ1v) is 6.58. The molecule has 2 heterocycles. The third-order valence-electron chi connectivity index (χ3n) is 3.87. The molecular formula is C12H20N4O. The van der Waals surface area contributed by atoms with Crippen LogP contribution in [0.1, 0.15) is 38.3 Å². The smallest absolute Gasteiger partial charge is 0.122 e. The molecule has 1 aromatic rings. The summed E-state index contributed by atoms with van der Waals surface area (Å²) in [5.41, 5.74) is 0.156. The maximum absolute atomic E-state index is 10.8. The molecule has 1 aliphatic heterocycles. The Labute approximate surface area is 101 Å². The Balaban J connectivity index is 1.79. The van der Waals surface area contributed by atoms with Gasteiger partial charge in [-0.25, -0.2) is 4.68 Å². The van der Waals surface area contributed by atoms with Crippen LogP contribution < -0.4 is 0 Å². The number of rotatable bonds is 4. The molecule has 94 valence electrons. The Bertz CT molecular complexity index is 401. The normalized spacial score (nSPS) is 30.0. The second kappa shape index (κ2) is 4.07. The van der Waals surface area contributed by atoms with Crippen molar-refractivity contribution < 1.29 is 5.11 Å². The van der Waals surface area contributed by atoms with Crippen molar-refractivity contribution in [2.45, 2.75) is 50.8 Å². The number of hydrogen-bond acceptors (Lipinski definition) is 4. The van der Waals surface area contributed by atoms with E-state index in [0.717, 1.165) is 44.2 Å². The molecule has 1 unspecified atom stereocenters. The summed E-state index contributed by atoms with van der Waals surface area (Å²) in [6, 6.07) is 0.722. The minimum Gasteiger partial charge on any atom is -0.382 e. The highest BCUT2D eigenvalue weighted by Crippen LogP contribution is 2.37. The lowest BCUT2D eigenvalue weighted by Crippen LogP contribution is -2.34. The topological polar surface area (TPSA) is 54.2 Å². The Morgan fingerprint density at radius 3 is 3.06 bits per heavy atom. The number of hydrogen-bond donors (Lipinski definition) is 1. The molecule has 1 N–H and O–H groups in total. The Hall–Kier alpha value is -0.940. The van der Waals surface area contributed by atoms with E-state index in [1.807, 2.05) is 4.68 Å². The molecule has 0 bridgehead atoms. The highest BCUT2D eigenvalue weighted by Gasteiger charge is 2.44. The van der Waals surface area contributed by atoms with Crippen LogP contribution >= 0.6 is 0 Å². The van der Waals surface area contributed by atoms with E-state index < -0.39 is 5.60 Å². The predicted molar refractivity (Wildman–Crippen MR) is 63.4 cm³/mol. The first-order valence-electron chi connectivity index (χ1n) is 6.58. The fourth-order valence-corrected chi connectivity index (χ4v) is 2.78. The lowest BCUT2D eigenvalue weighted by molar-refractivity contribution is 0.0360. The molecular weight excluding hydrogens is 216 g/mol. The fourth-order valence-electron chi connectivity index (χ4n) is 2.78. The summed E-state index contributed by atoms with van der Waals surface area (Å²) < 4.78 is 1.86. The van der Waals surface area contributed by atoms with Crippen molar-refractivity contribution in [3.63, 3.8) is 0 Å². The molecule has 3 rings (SSSR count). The van der Waals surface area contributed by atoms with Gasteiger partial charge in [-0.1, -0.05) is 12.1 Å². The Morgan fingerprint density at radius 1 is 1.53 bits per heavy atom. The van der Waals surface area contributed by atoms with Gasteiger partial charge in [-0.05, 0) is 25.7 Å². The quantitative estimate of drug-likeness (QED) is 0.838. The van der Waals surface area contributed by atoms with Crippen LogP contribution in [0.4, 0.5) is 0 Å². The maximum Gasteiger partial charge on any atom is 0.122 e. The van der Waals surface area contributed by atoms with Crippen LogP contribution in [0.25, 0.3) is 0 Å². The minimum atomic E-state index is -0.735. The van der Waals surface area contributed by atoms with Crippen molar-refractivity contribution in [1.82, 2.24) is 19.9 Å². The second-order valence-electron chi connectivity index (χ2n) is 5.33. The third-order valence-corrected chi connectivity index (χ3v) is 3.87. The molecule has 2 aliphatic rings. The summed E-state index contributed by atoms with van der Waals surface area (Å²) >= 11 is 0. The molecule has 1 saturated heterocycles. The van der Waals surface area contributed by atoms with Gasteiger partial charge < -0.3 is 5.11 Å². The van der Waals surface area contributed by atoms with Crippen molar-refractivity contribution in [3.8, 4) is 0 Å². The molecule has 1 aromatic heterocycles. The van der Waals surface area contributed by atoms with E-state index in [1.165, 1.54) is 12.8 Å². The molecule has 17 heavy (non-hydrogen) atoms. The van der Waals surface area contributed by atoms with E-state index >= 15 is 0 Å². The summed E-state index contributed by atoms with van der Waals surface area (Å²) in [7, 11) is 0. The van der Waals surface area contributed by atoms with Gasteiger partial charge in [-0.3, -0.25) is 4.90 Å². The Kier molecular flexibility index (Phi) is 2.67. The summed E-state index contributed by atoms with van der Waals surface area (Å²) in [6.45, 7) is 4.69. The maximum atomic E-state index is 10.8. The van der Waals surface area contributed by atoms with Crippen molar-refractivity contribution in [2.75, 3.05) is 13.1 Å². The van der Waals surface area contributed by atoms with Gasteiger partial charge in [0, 0.05) is 25.7 Å². The number of β-amino-alcohol motifs (C(OH)–C–C–N with tert-alkyl or cyclic N) is 1. The minimum absolute atomic E-state index is 0.722. The number of likely N-dealkylation sites (tertiary alicyclic amines) is 1. The van der Waals surface area contributed by atoms with Crippen LogP contribution in [0.15, 0.2) is 6.20 Å². The summed E-state index contributed by atoms with van der Waals surface area (Å²) in [5.74, 6) is 0. The van der Waals surface area contributed by atoms with E-state index in [9.17, 15) is 5.11 Å². The molecule has 0 amide bonds. The molecule has 2 fully saturated rings. The van der Waals surface area contributed by atoms with Crippen LogP contribution in [0, 0.1) is 0 Å². The largest absolute Gasteiger partial charge is 0.382 e. The SMILES string of the molecule is CCCn1nncc1C1(O)CCN(C2CC2)C1. The number of nitrogens with zero attached hydrogens (tertiary/aromatic N) is 4. The van der Waals surface area contributed by atoms with E-state index in [4.69, 9.17) is 0 Å². The van der Waals surface area contributed by atoms with Crippen LogP contribution in [-0.4, -0.2) is 44.1 Å². The lowest BCUT2D eigenvalue weighted by atomic mass is 9.99. The zero-order valence-corrected chi connectivity index (χ0v) is 10.3. The van der Waals surface area contributed by atoms with Gasteiger partial charge in [0.2, 0.25) is 0 Å². The van der Waals surface area contributed by atoms with Crippen LogP contribution in [-0.2, 0) is 12.1 Å². The number of aryl methyl sites for hydroxylation is 1. The molecule has 5 nitrogen and oxygen atoms in total. The van der Waals surface area contributed by atoms with Gasteiger partial charge in [-0.2, -0.15) is 0 Å². The van der Waals surface area contributed by atoms with Gasteiger partial charge >= 0.3 is 0 Å². The molecule has 1 atom stereocenters. The first-order chi connectivity index (χ1) is 8.23. The lowest BCUT2D eigenvalue weighted by Gasteiger charge is -2.23. The molecule has 0 spiro atoms. The van der Waals surface area contributed by atoms with Crippen LogP contribution in [0.2, 0.25) is 0 Å². The van der Waals surface area contributed by atoms with Crippen molar-refractivity contribution in [1.29, 1.82) is 0 Å². The molecule has 1 aliphatic carbocycles. The first kappa shape index (κ1) is 11.2. The van der Waals surface area contributed by atoms with E-state index in [-0.39, 0.29) is 0 Å². The summed E-state index contributed by atoms with van der Waals surface area (Å²) in [4.78, 5) is 2.41. The van der Waals surface area contributed by atoms with Crippen molar-refractivity contribution in [2.24, 2.45) is 0 Å². The number of aromatic nitrogens is 3. The third kappa shape index (κ3) is 1.98. The number of aliphatic hydroxyl groups is 1. The molecule has 0 radical (unpaired) electrons. The molecule has 1 saturated carbocycles. The molecule has 5 heteroatoms. The summed E-state index contributed by atoms with van der Waals surface area (Å²) in [5, 5.41) is 18.8. The second-order valence-corrected chi connectivity index (χ2v) is 5.33. The van der Waals surface area contributed by atoms with E-state index in [0.29, 0.717) is 0 Å². The zero-order chi connectivity index (χ0) is 11.9. The van der Waals surface area contributed by atoms with Gasteiger partial charge in [0.25, 0.3) is 0 Å². The fraction of sp³-hybridized carbons (Fsp3) is 0.833.